The second-order valence-electron chi connectivity index (χ2n) is 6.08. The lowest BCUT2D eigenvalue weighted by Crippen LogP contribution is -2.15. The SMILES string of the molecule is CCOC(=O)COc1ccc(/C=C2\N=C(c3ccc(I)cc3)OC2=O)cc1OCC. The van der Waals surface area contributed by atoms with Crippen molar-refractivity contribution in [1.29, 1.82) is 0 Å². The molecule has 0 bridgehead atoms. The van der Waals surface area contributed by atoms with E-state index in [0.29, 0.717) is 23.7 Å². The van der Waals surface area contributed by atoms with Gasteiger partial charge in [-0.2, -0.15) is 0 Å². The Labute approximate surface area is 187 Å². The molecule has 0 saturated heterocycles. The molecule has 156 valence electrons. The predicted molar refractivity (Wildman–Crippen MR) is 120 cm³/mol. The largest absolute Gasteiger partial charge is 0.490 e. The van der Waals surface area contributed by atoms with Crippen molar-refractivity contribution >= 4 is 46.5 Å². The maximum Gasteiger partial charge on any atom is 0.363 e. The number of benzene rings is 2. The highest BCUT2D eigenvalue weighted by Gasteiger charge is 2.24. The molecule has 1 heterocycles. The number of ether oxygens (including phenoxy) is 4. The molecule has 1 aliphatic heterocycles. The normalized spacial score (nSPS) is 14.3. The summed E-state index contributed by atoms with van der Waals surface area (Å²) < 4.78 is 22.3. The van der Waals surface area contributed by atoms with Crippen LogP contribution >= 0.6 is 22.6 Å². The topological polar surface area (TPSA) is 83.4 Å². The molecule has 0 saturated carbocycles. The molecular weight excluding hydrogens is 501 g/mol. The van der Waals surface area contributed by atoms with E-state index in [1.54, 1.807) is 31.2 Å². The van der Waals surface area contributed by atoms with Crippen LogP contribution in [-0.4, -0.2) is 37.7 Å². The van der Waals surface area contributed by atoms with Crippen LogP contribution in [0, 0.1) is 3.57 Å². The number of rotatable bonds is 8. The van der Waals surface area contributed by atoms with Gasteiger partial charge in [-0.1, -0.05) is 6.07 Å². The summed E-state index contributed by atoms with van der Waals surface area (Å²) in [4.78, 5) is 28.1. The highest BCUT2D eigenvalue weighted by Crippen LogP contribution is 2.30. The lowest BCUT2D eigenvalue weighted by atomic mass is 10.1. The van der Waals surface area contributed by atoms with Crippen molar-refractivity contribution in [2.45, 2.75) is 13.8 Å². The Kier molecular flexibility index (Phi) is 7.45. The van der Waals surface area contributed by atoms with Crippen molar-refractivity contribution in [3.8, 4) is 11.5 Å². The van der Waals surface area contributed by atoms with E-state index in [-0.39, 0.29) is 24.8 Å². The number of halogens is 1. The smallest absolute Gasteiger partial charge is 0.363 e. The number of esters is 2. The van der Waals surface area contributed by atoms with E-state index in [1.165, 1.54) is 0 Å². The Morgan fingerprint density at radius 3 is 2.53 bits per heavy atom. The Morgan fingerprint density at radius 2 is 1.83 bits per heavy atom. The van der Waals surface area contributed by atoms with Crippen LogP contribution < -0.4 is 9.47 Å². The maximum absolute atomic E-state index is 12.2. The van der Waals surface area contributed by atoms with Gasteiger partial charge in [-0.15, -0.1) is 0 Å². The molecule has 0 aliphatic carbocycles. The van der Waals surface area contributed by atoms with E-state index in [0.717, 1.165) is 9.13 Å². The zero-order chi connectivity index (χ0) is 21.5. The first-order valence-corrected chi connectivity index (χ1v) is 10.4. The summed E-state index contributed by atoms with van der Waals surface area (Å²) in [6, 6.07) is 12.6. The molecule has 2 aromatic rings. The van der Waals surface area contributed by atoms with E-state index in [4.69, 9.17) is 18.9 Å². The van der Waals surface area contributed by atoms with Gasteiger partial charge in [0.25, 0.3) is 0 Å². The summed E-state index contributed by atoms with van der Waals surface area (Å²) in [5, 5.41) is 0. The summed E-state index contributed by atoms with van der Waals surface area (Å²) in [6.45, 7) is 4.05. The van der Waals surface area contributed by atoms with Crippen molar-refractivity contribution in [2.24, 2.45) is 4.99 Å². The fourth-order valence-electron chi connectivity index (χ4n) is 2.62. The third-order valence-corrected chi connectivity index (χ3v) is 4.65. The summed E-state index contributed by atoms with van der Waals surface area (Å²) in [5.41, 5.74) is 1.59. The monoisotopic (exact) mass is 521 g/mol. The van der Waals surface area contributed by atoms with Gasteiger partial charge in [0.1, 0.15) is 0 Å². The number of nitrogens with zero attached hydrogens (tertiary/aromatic N) is 1. The number of carbonyl (C=O) groups excluding carboxylic acids is 2. The fourth-order valence-corrected chi connectivity index (χ4v) is 2.98. The molecule has 3 rings (SSSR count). The molecule has 0 unspecified atom stereocenters. The van der Waals surface area contributed by atoms with E-state index in [2.05, 4.69) is 27.6 Å². The minimum absolute atomic E-state index is 0.186. The lowest BCUT2D eigenvalue weighted by Gasteiger charge is -2.12. The predicted octanol–water partition coefficient (Wildman–Crippen LogP) is 3.98. The van der Waals surface area contributed by atoms with Gasteiger partial charge in [0.05, 0.1) is 13.2 Å². The third kappa shape index (κ3) is 5.59. The van der Waals surface area contributed by atoms with E-state index < -0.39 is 11.9 Å². The number of carbonyl (C=O) groups is 2. The van der Waals surface area contributed by atoms with Crippen LogP contribution in [0.2, 0.25) is 0 Å². The van der Waals surface area contributed by atoms with Gasteiger partial charge in [-0.05, 0) is 84.5 Å². The Bertz CT molecular complexity index is 997. The van der Waals surface area contributed by atoms with Crippen LogP contribution in [0.4, 0.5) is 0 Å². The number of cyclic esters (lactones) is 1. The quantitative estimate of drug-likeness (QED) is 0.297. The van der Waals surface area contributed by atoms with Gasteiger partial charge in [-0.3, -0.25) is 0 Å². The molecule has 0 spiro atoms. The fraction of sp³-hybridized carbons (Fsp3) is 0.227. The molecule has 0 atom stereocenters. The van der Waals surface area contributed by atoms with Crippen LogP contribution in [0.25, 0.3) is 6.08 Å². The Morgan fingerprint density at radius 1 is 1.07 bits per heavy atom. The van der Waals surface area contributed by atoms with Crippen LogP contribution in [0.3, 0.4) is 0 Å². The zero-order valence-electron chi connectivity index (χ0n) is 16.5. The van der Waals surface area contributed by atoms with Crippen molar-refractivity contribution in [2.75, 3.05) is 19.8 Å². The summed E-state index contributed by atoms with van der Waals surface area (Å²) >= 11 is 2.20. The van der Waals surface area contributed by atoms with Gasteiger partial charge in [0, 0.05) is 9.13 Å². The highest BCUT2D eigenvalue weighted by molar-refractivity contribution is 14.1. The van der Waals surface area contributed by atoms with Crippen LogP contribution in [-0.2, 0) is 19.1 Å². The van der Waals surface area contributed by atoms with Crippen molar-refractivity contribution < 1.29 is 28.5 Å². The minimum Gasteiger partial charge on any atom is -0.490 e. The van der Waals surface area contributed by atoms with E-state index in [1.807, 2.05) is 31.2 Å². The Balaban J connectivity index is 1.81. The minimum atomic E-state index is -0.524. The molecule has 1 aliphatic rings. The van der Waals surface area contributed by atoms with Crippen molar-refractivity contribution in [3.63, 3.8) is 0 Å². The molecule has 0 N–H and O–H groups in total. The first-order chi connectivity index (χ1) is 14.5. The second-order valence-corrected chi connectivity index (χ2v) is 7.32. The molecule has 0 amide bonds. The first kappa shape index (κ1) is 21.8. The third-order valence-electron chi connectivity index (χ3n) is 3.93. The molecular formula is C22H20INO6. The van der Waals surface area contributed by atoms with E-state index in [9.17, 15) is 9.59 Å². The molecule has 2 aromatic carbocycles. The molecule has 0 radical (unpaired) electrons. The van der Waals surface area contributed by atoms with Gasteiger partial charge < -0.3 is 18.9 Å². The summed E-state index contributed by atoms with van der Waals surface area (Å²) in [6.07, 6.45) is 1.61. The first-order valence-electron chi connectivity index (χ1n) is 9.34. The van der Waals surface area contributed by atoms with Crippen molar-refractivity contribution in [1.82, 2.24) is 0 Å². The molecule has 0 fully saturated rings. The standard InChI is InChI=1S/C22H20INO6/c1-3-27-19-12-14(5-10-18(19)29-13-20(25)28-4-2)11-17-22(26)30-21(24-17)15-6-8-16(23)9-7-15/h5-12H,3-4,13H2,1-2H3/b17-11-. The van der Waals surface area contributed by atoms with E-state index >= 15 is 0 Å². The van der Waals surface area contributed by atoms with Crippen LogP contribution in [0.15, 0.2) is 53.2 Å². The maximum atomic E-state index is 12.2. The average molecular weight is 521 g/mol. The van der Waals surface area contributed by atoms with Gasteiger partial charge in [-0.25, -0.2) is 14.6 Å². The second kappa shape index (κ2) is 10.2. The molecule has 7 nitrogen and oxygen atoms in total. The molecule has 0 aromatic heterocycles. The van der Waals surface area contributed by atoms with Gasteiger partial charge in [0.15, 0.2) is 23.8 Å². The van der Waals surface area contributed by atoms with Crippen molar-refractivity contribution in [3.05, 3.63) is 62.9 Å². The molecule has 30 heavy (non-hydrogen) atoms. The highest BCUT2D eigenvalue weighted by atomic mass is 127. The number of hydrogen-bond donors (Lipinski definition) is 0. The van der Waals surface area contributed by atoms with Gasteiger partial charge in [0.2, 0.25) is 5.90 Å². The van der Waals surface area contributed by atoms with Crippen LogP contribution in [0.1, 0.15) is 25.0 Å². The lowest BCUT2D eigenvalue weighted by molar-refractivity contribution is -0.145. The van der Waals surface area contributed by atoms with Crippen LogP contribution in [0.5, 0.6) is 11.5 Å². The number of aliphatic imine (C=N–C) groups is 1. The van der Waals surface area contributed by atoms with Gasteiger partial charge >= 0.3 is 11.9 Å². The zero-order valence-corrected chi connectivity index (χ0v) is 18.7. The summed E-state index contributed by atoms with van der Waals surface area (Å²) in [7, 11) is 0. The average Bonchev–Trinajstić information content (AvgIpc) is 3.08. The summed E-state index contributed by atoms with van der Waals surface area (Å²) in [5.74, 6) is 0.136. The molecule has 8 heteroatoms. The Hall–Kier alpha value is -2.88. The number of hydrogen-bond acceptors (Lipinski definition) is 7.